The third kappa shape index (κ3) is 4.30. The molecule has 1 aromatic carbocycles. The molecular formula is C20H22N2O3S. The standard InChI is InChI=1S/C20H22N2O3S/c23-19(13-26-12-14-2-1-7-21-11-14)22-20(15-3-4-15)16-5-6-17-18(10-16)25-9-8-24-17/h1-2,5-7,10-11,15,20H,3-4,8-9,12-13H2,(H,22,23). The highest BCUT2D eigenvalue weighted by Crippen LogP contribution is 2.43. The van der Waals surface area contributed by atoms with Gasteiger partial charge in [-0.1, -0.05) is 12.1 Å². The highest BCUT2D eigenvalue weighted by molar-refractivity contribution is 7.99. The number of amides is 1. The van der Waals surface area contributed by atoms with Crippen LogP contribution >= 0.6 is 11.8 Å². The van der Waals surface area contributed by atoms with E-state index < -0.39 is 0 Å². The summed E-state index contributed by atoms with van der Waals surface area (Å²) in [6.45, 7) is 1.16. The summed E-state index contributed by atoms with van der Waals surface area (Å²) < 4.78 is 11.3. The molecule has 1 aliphatic carbocycles. The molecule has 0 saturated heterocycles. The molecule has 1 atom stereocenters. The van der Waals surface area contributed by atoms with Gasteiger partial charge >= 0.3 is 0 Å². The van der Waals surface area contributed by atoms with Crippen LogP contribution in [-0.4, -0.2) is 29.9 Å². The monoisotopic (exact) mass is 370 g/mol. The molecule has 2 aromatic rings. The minimum atomic E-state index is 0.0531. The second kappa shape index (κ2) is 7.99. The van der Waals surface area contributed by atoms with Crippen LogP contribution in [0.15, 0.2) is 42.7 Å². The lowest BCUT2D eigenvalue weighted by molar-refractivity contribution is -0.119. The number of benzene rings is 1. The zero-order valence-electron chi connectivity index (χ0n) is 14.5. The number of aromatic nitrogens is 1. The van der Waals surface area contributed by atoms with Gasteiger partial charge < -0.3 is 14.8 Å². The summed E-state index contributed by atoms with van der Waals surface area (Å²) in [5.74, 6) is 3.39. The van der Waals surface area contributed by atoms with Crippen molar-refractivity contribution in [2.75, 3.05) is 19.0 Å². The quantitative estimate of drug-likeness (QED) is 0.810. The molecule has 5 nitrogen and oxygen atoms in total. The van der Waals surface area contributed by atoms with Gasteiger partial charge in [-0.2, -0.15) is 0 Å². The molecule has 1 saturated carbocycles. The van der Waals surface area contributed by atoms with Crippen LogP contribution in [0.4, 0.5) is 0 Å². The Bertz CT molecular complexity index is 765. The summed E-state index contributed by atoms with van der Waals surface area (Å²) in [5, 5.41) is 3.22. The first-order chi connectivity index (χ1) is 12.8. The number of fused-ring (bicyclic) bond motifs is 1. The Morgan fingerprint density at radius 3 is 2.85 bits per heavy atom. The maximum absolute atomic E-state index is 12.4. The highest BCUT2D eigenvalue weighted by atomic mass is 32.2. The Morgan fingerprint density at radius 1 is 1.23 bits per heavy atom. The summed E-state index contributed by atoms with van der Waals surface area (Å²) in [5.41, 5.74) is 2.23. The molecule has 1 aliphatic heterocycles. The van der Waals surface area contributed by atoms with Crippen molar-refractivity contribution in [2.24, 2.45) is 5.92 Å². The van der Waals surface area contributed by atoms with Crippen LogP contribution in [-0.2, 0) is 10.5 Å². The minimum Gasteiger partial charge on any atom is -0.486 e. The number of ether oxygens (including phenoxy) is 2. The Balaban J connectivity index is 1.35. The predicted octanol–water partition coefficient (Wildman–Crippen LogP) is 3.35. The van der Waals surface area contributed by atoms with Gasteiger partial charge in [0, 0.05) is 18.1 Å². The SMILES string of the molecule is O=C(CSCc1cccnc1)NC(c1ccc2c(c1)OCCO2)C1CC1. The van der Waals surface area contributed by atoms with Crippen molar-refractivity contribution in [3.8, 4) is 11.5 Å². The van der Waals surface area contributed by atoms with Crippen molar-refractivity contribution >= 4 is 17.7 Å². The van der Waals surface area contributed by atoms with Crippen molar-refractivity contribution in [3.63, 3.8) is 0 Å². The van der Waals surface area contributed by atoms with Crippen molar-refractivity contribution < 1.29 is 14.3 Å². The van der Waals surface area contributed by atoms with E-state index in [0.29, 0.717) is 24.9 Å². The van der Waals surface area contributed by atoms with E-state index in [1.165, 1.54) is 0 Å². The largest absolute Gasteiger partial charge is 0.486 e. The van der Waals surface area contributed by atoms with Crippen LogP contribution in [0.2, 0.25) is 0 Å². The van der Waals surface area contributed by atoms with Gasteiger partial charge in [0.2, 0.25) is 5.91 Å². The molecule has 0 radical (unpaired) electrons. The first kappa shape index (κ1) is 17.2. The molecule has 1 unspecified atom stereocenters. The Morgan fingerprint density at radius 2 is 2.08 bits per heavy atom. The molecule has 1 aromatic heterocycles. The number of pyridine rings is 1. The summed E-state index contributed by atoms with van der Waals surface area (Å²) in [7, 11) is 0. The number of nitrogens with zero attached hydrogens (tertiary/aromatic N) is 1. The second-order valence-electron chi connectivity index (χ2n) is 6.64. The molecule has 0 spiro atoms. The number of thioether (sulfide) groups is 1. The number of carbonyl (C=O) groups excluding carboxylic acids is 1. The van der Waals surface area contributed by atoms with Crippen molar-refractivity contribution in [1.29, 1.82) is 0 Å². The van der Waals surface area contributed by atoms with E-state index in [1.54, 1.807) is 18.0 Å². The van der Waals surface area contributed by atoms with Gasteiger partial charge in [0.25, 0.3) is 0 Å². The van der Waals surface area contributed by atoms with Gasteiger partial charge in [-0.05, 0) is 48.1 Å². The van der Waals surface area contributed by atoms with Crippen LogP contribution in [0.25, 0.3) is 0 Å². The van der Waals surface area contributed by atoms with Crippen LogP contribution in [0.5, 0.6) is 11.5 Å². The molecule has 1 amide bonds. The number of hydrogen-bond donors (Lipinski definition) is 1. The minimum absolute atomic E-state index is 0.0531. The topological polar surface area (TPSA) is 60.5 Å². The highest BCUT2D eigenvalue weighted by Gasteiger charge is 2.34. The summed E-state index contributed by atoms with van der Waals surface area (Å²) in [6, 6.07) is 10.0. The average molecular weight is 370 g/mol. The second-order valence-corrected chi connectivity index (χ2v) is 7.63. The lowest BCUT2D eigenvalue weighted by atomic mass is 10.0. The third-order valence-electron chi connectivity index (χ3n) is 4.56. The molecule has 2 aliphatic rings. The van der Waals surface area contributed by atoms with Crippen LogP contribution in [0.1, 0.15) is 30.0 Å². The van der Waals surface area contributed by atoms with Gasteiger partial charge in [-0.15, -0.1) is 11.8 Å². The number of rotatable bonds is 7. The first-order valence-electron chi connectivity index (χ1n) is 8.95. The molecule has 6 heteroatoms. The van der Waals surface area contributed by atoms with E-state index >= 15 is 0 Å². The predicted molar refractivity (Wildman–Crippen MR) is 101 cm³/mol. The smallest absolute Gasteiger partial charge is 0.230 e. The van der Waals surface area contributed by atoms with Gasteiger partial charge in [0.15, 0.2) is 11.5 Å². The van der Waals surface area contributed by atoms with Crippen molar-refractivity contribution in [3.05, 3.63) is 53.9 Å². The Kier molecular flexibility index (Phi) is 5.29. The van der Waals surface area contributed by atoms with Gasteiger partial charge in [0.1, 0.15) is 13.2 Å². The van der Waals surface area contributed by atoms with Gasteiger partial charge in [-0.3, -0.25) is 9.78 Å². The lowest BCUT2D eigenvalue weighted by Crippen LogP contribution is -2.31. The zero-order valence-corrected chi connectivity index (χ0v) is 15.3. The van der Waals surface area contributed by atoms with E-state index in [9.17, 15) is 4.79 Å². The number of carbonyl (C=O) groups is 1. The summed E-state index contributed by atoms with van der Waals surface area (Å²) in [6.07, 6.45) is 5.91. The fourth-order valence-electron chi connectivity index (χ4n) is 3.12. The van der Waals surface area contributed by atoms with E-state index in [-0.39, 0.29) is 11.9 Å². The number of nitrogens with one attached hydrogen (secondary N) is 1. The van der Waals surface area contributed by atoms with Crippen LogP contribution in [0, 0.1) is 5.92 Å². The van der Waals surface area contributed by atoms with E-state index in [2.05, 4.69) is 10.3 Å². The summed E-state index contributed by atoms with van der Waals surface area (Å²) in [4.78, 5) is 16.5. The molecule has 4 rings (SSSR count). The maximum atomic E-state index is 12.4. The lowest BCUT2D eigenvalue weighted by Gasteiger charge is -2.23. The van der Waals surface area contributed by atoms with Gasteiger partial charge in [0.05, 0.1) is 11.8 Å². The molecule has 26 heavy (non-hydrogen) atoms. The first-order valence-corrected chi connectivity index (χ1v) is 10.1. The Labute approximate surface area is 157 Å². The zero-order chi connectivity index (χ0) is 17.8. The van der Waals surface area contributed by atoms with Gasteiger partial charge in [-0.25, -0.2) is 0 Å². The fraction of sp³-hybridized carbons (Fsp3) is 0.400. The van der Waals surface area contributed by atoms with Crippen LogP contribution in [0.3, 0.4) is 0 Å². The molecule has 1 fully saturated rings. The van der Waals surface area contributed by atoms with Crippen molar-refractivity contribution in [2.45, 2.75) is 24.6 Å². The van der Waals surface area contributed by atoms with Crippen molar-refractivity contribution in [1.82, 2.24) is 10.3 Å². The molecule has 1 N–H and O–H groups in total. The average Bonchev–Trinajstić information content (AvgIpc) is 3.52. The molecular weight excluding hydrogens is 348 g/mol. The fourth-order valence-corrected chi connectivity index (χ4v) is 3.89. The molecule has 0 bridgehead atoms. The van der Waals surface area contributed by atoms with E-state index in [4.69, 9.17) is 9.47 Å². The van der Waals surface area contributed by atoms with Crippen LogP contribution < -0.4 is 14.8 Å². The summed E-state index contributed by atoms with van der Waals surface area (Å²) >= 11 is 1.61. The third-order valence-corrected chi connectivity index (χ3v) is 5.56. The molecule has 2 heterocycles. The van der Waals surface area contributed by atoms with E-state index in [0.717, 1.165) is 41.2 Å². The molecule has 136 valence electrons. The van der Waals surface area contributed by atoms with E-state index in [1.807, 2.05) is 36.5 Å². The normalized spacial score (nSPS) is 16.8. The maximum Gasteiger partial charge on any atom is 0.230 e. The number of hydrogen-bond acceptors (Lipinski definition) is 5. The Hall–Kier alpha value is -2.21.